The monoisotopic (exact) mass is 125 g/mol. The highest BCUT2D eigenvalue weighted by molar-refractivity contribution is 4.90. The molecule has 0 radical (unpaired) electrons. The lowest BCUT2D eigenvalue weighted by atomic mass is 9.77. The standard InChI is InChI=1S/C8H15N/c9-5-6-3-7-1-2-8(7)4-6/h6-8H,1-5,9H2. The molecule has 0 spiro atoms. The molecular formula is C8H15N. The Kier molecular flexibility index (Phi) is 1.26. The van der Waals surface area contributed by atoms with Gasteiger partial charge in [-0.1, -0.05) is 0 Å². The van der Waals surface area contributed by atoms with Crippen LogP contribution in [-0.4, -0.2) is 6.54 Å². The number of hydrogen-bond acceptors (Lipinski definition) is 1. The van der Waals surface area contributed by atoms with Crippen LogP contribution in [-0.2, 0) is 0 Å². The van der Waals surface area contributed by atoms with E-state index in [1.54, 1.807) is 0 Å². The van der Waals surface area contributed by atoms with Gasteiger partial charge in [-0.25, -0.2) is 0 Å². The molecule has 2 atom stereocenters. The van der Waals surface area contributed by atoms with Gasteiger partial charge in [-0.3, -0.25) is 0 Å². The molecule has 0 aromatic rings. The smallest absolute Gasteiger partial charge is 0.00487 e. The molecule has 0 heterocycles. The van der Waals surface area contributed by atoms with E-state index in [1.165, 1.54) is 25.7 Å². The third kappa shape index (κ3) is 0.787. The third-order valence-corrected chi connectivity index (χ3v) is 3.18. The van der Waals surface area contributed by atoms with Crippen LogP contribution in [0.25, 0.3) is 0 Å². The normalized spacial score (nSPS) is 48.3. The molecule has 2 aliphatic rings. The molecule has 0 saturated heterocycles. The van der Waals surface area contributed by atoms with Crippen LogP contribution in [0.15, 0.2) is 0 Å². The van der Waals surface area contributed by atoms with Crippen molar-refractivity contribution in [3.05, 3.63) is 0 Å². The molecular weight excluding hydrogens is 110 g/mol. The fourth-order valence-electron chi connectivity index (χ4n) is 2.40. The first-order valence-electron chi connectivity index (χ1n) is 4.10. The van der Waals surface area contributed by atoms with Crippen molar-refractivity contribution in [1.29, 1.82) is 0 Å². The van der Waals surface area contributed by atoms with Crippen LogP contribution in [0.2, 0.25) is 0 Å². The Morgan fingerprint density at radius 3 is 2.00 bits per heavy atom. The molecule has 52 valence electrons. The topological polar surface area (TPSA) is 26.0 Å². The van der Waals surface area contributed by atoms with Crippen molar-refractivity contribution in [2.75, 3.05) is 6.54 Å². The van der Waals surface area contributed by atoms with Crippen LogP contribution < -0.4 is 5.73 Å². The van der Waals surface area contributed by atoms with Gasteiger partial charge >= 0.3 is 0 Å². The zero-order valence-electron chi connectivity index (χ0n) is 5.84. The lowest BCUT2D eigenvalue weighted by Gasteiger charge is -2.29. The number of rotatable bonds is 1. The van der Waals surface area contributed by atoms with Crippen molar-refractivity contribution in [3.63, 3.8) is 0 Å². The molecule has 0 aromatic carbocycles. The van der Waals surface area contributed by atoms with E-state index in [0.717, 1.165) is 24.3 Å². The molecule has 0 amide bonds. The van der Waals surface area contributed by atoms with Gasteiger partial charge in [0.15, 0.2) is 0 Å². The Bertz CT molecular complexity index is 99.1. The lowest BCUT2D eigenvalue weighted by molar-refractivity contribution is 0.219. The Hall–Kier alpha value is -0.0400. The minimum absolute atomic E-state index is 0.891. The Morgan fingerprint density at radius 2 is 1.67 bits per heavy atom. The minimum atomic E-state index is 0.891. The molecule has 0 aromatic heterocycles. The van der Waals surface area contributed by atoms with Crippen molar-refractivity contribution in [1.82, 2.24) is 0 Å². The van der Waals surface area contributed by atoms with Crippen LogP contribution in [0.3, 0.4) is 0 Å². The summed E-state index contributed by atoms with van der Waals surface area (Å²) in [7, 11) is 0. The number of fused-ring (bicyclic) bond motifs is 1. The van der Waals surface area contributed by atoms with Gasteiger partial charge in [0.25, 0.3) is 0 Å². The van der Waals surface area contributed by atoms with Crippen LogP contribution in [0.4, 0.5) is 0 Å². The first kappa shape index (κ1) is 5.72. The van der Waals surface area contributed by atoms with Gasteiger partial charge in [0.05, 0.1) is 0 Å². The van der Waals surface area contributed by atoms with Crippen molar-refractivity contribution in [2.24, 2.45) is 23.5 Å². The van der Waals surface area contributed by atoms with Crippen molar-refractivity contribution in [2.45, 2.75) is 25.7 Å². The summed E-state index contributed by atoms with van der Waals surface area (Å²) in [5.74, 6) is 3.08. The van der Waals surface area contributed by atoms with E-state index in [4.69, 9.17) is 5.73 Å². The first-order chi connectivity index (χ1) is 4.40. The summed E-state index contributed by atoms with van der Waals surface area (Å²) in [5.41, 5.74) is 5.59. The fourth-order valence-corrected chi connectivity index (χ4v) is 2.40. The maximum atomic E-state index is 5.59. The van der Waals surface area contributed by atoms with Crippen LogP contribution in [0, 0.1) is 17.8 Å². The largest absolute Gasteiger partial charge is 0.330 e. The van der Waals surface area contributed by atoms with E-state index in [-0.39, 0.29) is 0 Å². The minimum Gasteiger partial charge on any atom is -0.330 e. The van der Waals surface area contributed by atoms with Crippen molar-refractivity contribution in [3.8, 4) is 0 Å². The average Bonchev–Trinajstić information content (AvgIpc) is 2.10. The van der Waals surface area contributed by atoms with Crippen molar-refractivity contribution >= 4 is 0 Å². The SMILES string of the molecule is NCC1CC2CCC2C1. The van der Waals surface area contributed by atoms with Crippen molar-refractivity contribution < 1.29 is 0 Å². The molecule has 1 nitrogen and oxygen atoms in total. The molecule has 0 aliphatic heterocycles. The zero-order chi connectivity index (χ0) is 6.27. The lowest BCUT2D eigenvalue weighted by Crippen LogP contribution is -2.18. The van der Waals surface area contributed by atoms with E-state index < -0.39 is 0 Å². The molecule has 2 N–H and O–H groups in total. The maximum absolute atomic E-state index is 5.59. The summed E-state index contributed by atoms with van der Waals surface area (Å²) >= 11 is 0. The van der Waals surface area contributed by atoms with E-state index in [1.807, 2.05) is 0 Å². The third-order valence-electron chi connectivity index (χ3n) is 3.18. The van der Waals surface area contributed by atoms with Gasteiger partial charge in [-0.15, -0.1) is 0 Å². The Balaban J connectivity index is 1.91. The average molecular weight is 125 g/mol. The molecule has 2 aliphatic carbocycles. The summed E-state index contributed by atoms with van der Waals surface area (Å²) in [6, 6.07) is 0. The molecule has 2 saturated carbocycles. The summed E-state index contributed by atoms with van der Waals surface area (Å²) < 4.78 is 0. The molecule has 2 unspecified atom stereocenters. The van der Waals surface area contributed by atoms with Crippen LogP contribution in [0.5, 0.6) is 0 Å². The molecule has 1 heteroatoms. The molecule has 9 heavy (non-hydrogen) atoms. The van der Waals surface area contributed by atoms with E-state index >= 15 is 0 Å². The van der Waals surface area contributed by atoms with Gasteiger partial charge < -0.3 is 5.73 Å². The van der Waals surface area contributed by atoms with Gasteiger partial charge in [0.2, 0.25) is 0 Å². The highest BCUT2D eigenvalue weighted by Crippen LogP contribution is 2.48. The summed E-state index contributed by atoms with van der Waals surface area (Å²) in [5, 5.41) is 0. The van der Waals surface area contributed by atoms with Gasteiger partial charge in [0, 0.05) is 0 Å². The summed E-state index contributed by atoms with van der Waals surface area (Å²) in [6.07, 6.45) is 5.89. The van der Waals surface area contributed by atoms with Gasteiger partial charge in [-0.2, -0.15) is 0 Å². The summed E-state index contributed by atoms with van der Waals surface area (Å²) in [4.78, 5) is 0. The second-order valence-corrected chi connectivity index (χ2v) is 3.67. The van der Waals surface area contributed by atoms with Crippen LogP contribution >= 0.6 is 0 Å². The highest BCUT2D eigenvalue weighted by atomic mass is 14.6. The number of hydrogen-bond donors (Lipinski definition) is 1. The van der Waals surface area contributed by atoms with E-state index in [9.17, 15) is 0 Å². The first-order valence-corrected chi connectivity index (χ1v) is 4.10. The summed E-state index contributed by atoms with van der Waals surface area (Å²) in [6.45, 7) is 0.938. The molecule has 2 fully saturated rings. The van der Waals surface area contributed by atoms with Gasteiger partial charge in [-0.05, 0) is 50.0 Å². The zero-order valence-corrected chi connectivity index (χ0v) is 5.84. The quantitative estimate of drug-likeness (QED) is 0.563. The number of nitrogens with two attached hydrogens (primary N) is 1. The fraction of sp³-hybridized carbons (Fsp3) is 1.00. The Labute approximate surface area is 56.6 Å². The predicted molar refractivity (Wildman–Crippen MR) is 38.0 cm³/mol. The molecule has 2 rings (SSSR count). The maximum Gasteiger partial charge on any atom is -0.00487 e. The second kappa shape index (κ2) is 1.98. The predicted octanol–water partition coefficient (Wildman–Crippen LogP) is 1.38. The highest BCUT2D eigenvalue weighted by Gasteiger charge is 2.39. The van der Waals surface area contributed by atoms with E-state index in [0.29, 0.717) is 0 Å². The second-order valence-electron chi connectivity index (χ2n) is 3.67. The van der Waals surface area contributed by atoms with Gasteiger partial charge in [0.1, 0.15) is 0 Å². The van der Waals surface area contributed by atoms with E-state index in [2.05, 4.69) is 0 Å². The Morgan fingerprint density at radius 1 is 1.11 bits per heavy atom. The van der Waals surface area contributed by atoms with Crippen LogP contribution in [0.1, 0.15) is 25.7 Å². The molecule has 0 bridgehead atoms.